The molecule has 1 saturated heterocycles. The number of hydrogen-bond acceptors (Lipinski definition) is 5. The third-order valence-electron chi connectivity index (χ3n) is 5.99. The molecule has 1 aliphatic rings. The van der Waals surface area contributed by atoms with Gasteiger partial charge in [-0.3, -0.25) is 14.6 Å². The topological polar surface area (TPSA) is 95.7 Å². The van der Waals surface area contributed by atoms with Crippen molar-refractivity contribution >= 4 is 17.4 Å². The van der Waals surface area contributed by atoms with Crippen LogP contribution in [0.3, 0.4) is 0 Å². The molecule has 1 unspecified atom stereocenters. The third-order valence-corrected chi connectivity index (χ3v) is 5.99. The second-order valence-electron chi connectivity index (χ2n) is 8.34. The number of imidazole rings is 1. The highest BCUT2D eigenvalue weighted by Crippen LogP contribution is 2.40. The highest BCUT2D eigenvalue weighted by atomic mass is 16.5. The van der Waals surface area contributed by atoms with Crippen LogP contribution in [0.4, 0.5) is 0 Å². The summed E-state index contributed by atoms with van der Waals surface area (Å²) in [5, 5.41) is 11.2. The molecule has 0 bridgehead atoms. The van der Waals surface area contributed by atoms with Crippen LogP contribution in [-0.4, -0.2) is 46.9 Å². The van der Waals surface area contributed by atoms with Crippen LogP contribution in [0.25, 0.3) is 5.76 Å². The molecule has 0 radical (unpaired) electrons. The van der Waals surface area contributed by atoms with Gasteiger partial charge in [-0.2, -0.15) is 0 Å². The lowest BCUT2D eigenvalue weighted by Crippen LogP contribution is -2.36. The molecule has 1 fully saturated rings. The van der Waals surface area contributed by atoms with Crippen molar-refractivity contribution in [2.75, 3.05) is 20.3 Å². The number of aromatic amines is 1. The molecule has 1 aliphatic heterocycles. The minimum Gasteiger partial charge on any atom is -0.507 e. The van der Waals surface area contributed by atoms with Gasteiger partial charge in [0, 0.05) is 18.5 Å². The Morgan fingerprint density at radius 3 is 2.43 bits per heavy atom. The second-order valence-corrected chi connectivity index (χ2v) is 8.34. The molecule has 8 heteroatoms. The van der Waals surface area contributed by atoms with Crippen molar-refractivity contribution in [2.24, 2.45) is 0 Å². The predicted molar refractivity (Wildman–Crippen MR) is 130 cm³/mol. The quantitative estimate of drug-likeness (QED) is 0.202. The fraction of sp³-hybridized carbons (Fsp3) is 0.296. The summed E-state index contributed by atoms with van der Waals surface area (Å²) in [6.07, 6.45) is 7.09. The number of nitrogens with one attached hydrogen (secondary N) is 1. The molecule has 1 aromatic heterocycles. The van der Waals surface area contributed by atoms with Crippen molar-refractivity contribution in [2.45, 2.75) is 32.4 Å². The highest BCUT2D eigenvalue weighted by Gasteiger charge is 2.45. The van der Waals surface area contributed by atoms with Gasteiger partial charge in [0.15, 0.2) is 0 Å². The summed E-state index contributed by atoms with van der Waals surface area (Å²) >= 11 is 0. The minimum atomic E-state index is -0.701. The average Bonchev–Trinajstić information content (AvgIpc) is 3.50. The van der Waals surface area contributed by atoms with Crippen LogP contribution in [0.15, 0.2) is 72.8 Å². The maximum Gasteiger partial charge on any atom is 0.295 e. The zero-order valence-electron chi connectivity index (χ0n) is 19.9. The monoisotopic (exact) mass is 476 g/mol. The first-order valence-electron chi connectivity index (χ1n) is 11.7. The number of H-pyrrole nitrogens is 1. The van der Waals surface area contributed by atoms with E-state index in [4.69, 9.17) is 9.47 Å². The lowest BCUT2D eigenvalue weighted by atomic mass is 9.95. The molecule has 2 N–H and O–H groups in total. The molecule has 2 aromatic carbocycles. The van der Waals surface area contributed by atoms with Crippen molar-refractivity contribution in [1.82, 2.24) is 9.88 Å². The smallest absolute Gasteiger partial charge is 0.295 e. The number of rotatable bonds is 10. The summed E-state index contributed by atoms with van der Waals surface area (Å²) in [5.74, 6) is -0.165. The summed E-state index contributed by atoms with van der Waals surface area (Å²) in [6.45, 7) is 3.66. The van der Waals surface area contributed by atoms with Crippen LogP contribution in [0.1, 0.15) is 36.9 Å². The zero-order valence-corrected chi connectivity index (χ0v) is 19.9. The van der Waals surface area contributed by atoms with Gasteiger partial charge in [-0.15, -0.1) is 0 Å². The Morgan fingerprint density at radius 2 is 1.80 bits per heavy atom. The Bertz CT molecular complexity index is 1180. The van der Waals surface area contributed by atoms with E-state index in [-0.39, 0.29) is 11.3 Å². The highest BCUT2D eigenvalue weighted by molar-refractivity contribution is 6.46. The molecular weight excluding hydrogens is 446 g/mol. The van der Waals surface area contributed by atoms with Gasteiger partial charge in [-0.25, -0.2) is 4.57 Å². The number of carbonyl (C=O) groups is 2. The number of ketones is 1. The number of likely N-dealkylation sites (tertiary alicyclic amines) is 1. The minimum absolute atomic E-state index is 0.0803. The molecule has 35 heavy (non-hydrogen) atoms. The van der Waals surface area contributed by atoms with Crippen LogP contribution >= 0.6 is 0 Å². The molecule has 1 amide bonds. The van der Waals surface area contributed by atoms with Crippen molar-refractivity contribution in [3.8, 4) is 11.5 Å². The second kappa shape index (κ2) is 10.9. The molecular formula is C27H30N3O5+. The van der Waals surface area contributed by atoms with Crippen LogP contribution in [0.5, 0.6) is 11.5 Å². The van der Waals surface area contributed by atoms with E-state index in [2.05, 4.69) is 4.98 Å². The van der Waals surface area contributed by atoms with Crippen molar-refractivity contribution in [1.29, 1.82) is 0 Å². The molecule has 0 saturated carbocycles. The maximum absolute atomic E-state index is 13.2. The Morgan fingerprint density at radius 1 is 1.09 bits per heavy atom. The molecule has 0 spiro atoms. The number of benzene rings is 2. The molecule has 182 valence electrons. The van der Waals surface area contributed by atoms with Crippen LogP contribution in [0, 0.1) is 0 Å². The first-order chi connectivity index (χ1) is 17.0. The van der Waals surface area contributed by atoms with E-state index in [0.29, 0.717) is 43.2 Å². The van der Waals surface area contributed by atoms with Gasteiger partial charge in [-0.1, -0.05) is 19.1 Å². The summed E-state index contributed by atoms with van der Waals surface area (Å²) in [4.78, 5) is 30.8. The van der Waals surface area contributed by atoms with E-state index >= 15 is 0 Å². The van der Waals surface area contributed by atoms with Gasteiger partial charge in [-0.05, 0) is 48.4 Å². The summed E-state index contributed by atoms with van der Waals surface area (Å²) in [5.41, 5.74) is 1.26. The van der Waals surface area contributed by atoms with Gasteiger partial charge in [0.2, 0.25) is 6.33 Å². The number of aryl methyl sites for hydroxylation is 1. The van der Waals surface area contributed by atoms with Gasteiger partial charge >= 0.3 is 0 Å². The predicted octanol–water partition coefficient (Wildman–Crippen LogP) is 3.61. The fourth-order valence-corrected chi connectivity index (χ4v) is 4.21. The standard InChI is InChI=1S/C27H29N3O5/c1-3-17-35-22-11-7-20(8-12-22)25(31)23-24(19-5-9-21(34-2)10-6-19)30(27(33)26(23)32)15-4-14-29-16-13-28-18-29/h5-13,16,18,24H,3-4,14-15,17H2,1-2H3,(H,31,32)/p+1. The molecule has 8 nitrogen and oxygen atoms in total. The summed E-state index contributed by atoms with van der Waals surface area (Å²) < 4.78 is 12.9. The van der Waals surface area contributed by atoms with E-state index in [0.717, 1.165) is 12.0 Å². The van der Waals surface area contributed by atoms with Crippen molar-refractivity contribution in [3.63, 3.8) is 0 Å². The largest absolute Gasteiger partial charge is 0.507 e. The summed E-state index contributed by atoms with van der Waals surface area (Å²) in [6, 6.07) is 13.4. The number of aliphatic hydroxyl groups excluding tert-OH is 1. The molecule has 4 rings (SSSR count). The van der Waals surface area contributed by atoms with Gasteiger partial charge in [0.1, 0.15) is 29.7 Å². The first-order valence-corrected chi connectivity index (χ1v) is 11.7. The van der Waals surface area contributed by atoms with E-state index < -0.39 is 17.7 Å². The van der Waals surface area contributed by atoms with E-state index in [1.165, 1.54) is 0 Å². The number of aliphatic hydroxyl groups is 1. The lowest BCUT2D eigenvalue weighted by Gasteiger charge is -2.25. The maximum atomic E-state index is 13.2. The van der Waals surface area contributed by atoms with Crippen LogP contribution in [0.2, 0.25) is 0 Å². The Kier molecular flexibility index (Phi) is 7.50. The number of ether oxygens (including phenoxy) is 2. The van der Waals surface area contributed by atoms with Crippen molar-refractivity contribution < 1.29 is 28.7 Å². The van der Waals surface area contributed by atoms with Crippen LogP contribution in [-0.2, 0) is 16.1 Å². The average molecular weight is 477 g/mol. The van der Waals surface area contributed by atoms with E-state index in [1.807, 2.05) is 42.3 Å². The number of Topliss-reactive ketones (excluding diaryl/α,β-unsaturated/α-hetero) is 1. The van der Waals surface area contributed by atoms with Crippen LogP contribution < -0.4 is 14.0 Å². The van der Waals surface area contributed by atoms with Gasteiger partial charge < -0.3 is 19.5 Å². The lowest BCUT2D eigenvalue weighted by molar-refractivity contribution is -0.695. The third kappa shape index (κ3) is 5.21. The molecule has 3 aromatic rings. The molecule has 2 heterocycles. The number of aromatic nitrogens is 2. The Balaban J connectivity index is 1.68. The molecule has 1 atom stereocenters. The molecule has 0 aliphatic carbocycles. The zero-order chi connectivity index (χ0) is 24.8. The SMILES string of the molecule is CCCOc1ccc(C(O)=C2C(=O)C(=O)N(CCC[n+]3cc[nH]c3)C2c2ccc(OC)cc2)cc1. The fourth-order valence-electron chi connectivity index (χ4n) is 4.21. The number of carbonyl (C=O) groups excluding carboxylic acids is 2. The van der Waals surface area contributed by atoms with Gasteiger partial charge in [0.05, 0.1) is 31.9 Å². The number of hydrogen-bond donors (Lipinski definition) is 2. The van der Waals surface area contributed by atoms with Crippen molar-refractivity contribution in [3.05, 3.63) is 84.0 Å². The first kappa shape index (κ1) is 24.1. The van der Waals surface area contributed by atoms with E-state index in [9.17, 15) is 14.7 Å². The normalized spacial score (nSPS) is 17.1. The Labute approximate surface area is 204 Å². The number of nitrogens with zero attached hydrogens (tertiary/aromatic N) is 2. The number of methoxy groups -OCH3 is 1. The van der Waals surface area contributed by atoms with E-state index in [1.54, 1.807) is 48.4 Å². The number of amides is 1. The summed E-state index contributed by atoms with van der Waals surface area (Å²) in [7, 11) is 1.58. The van der Waals surface area contributed by atoms with Gasteiger partial charge in [0.25, 0.3) is 11.7 Å². The Hall–Kier alpha value is -4.07.